The first kappa shape index (κ1) is 17.9. The summed E-state index contributed by atoms with van der Waals surface area (Å²) in [4.78, 5) is 20.1. The maximum absolute atomic E-state index is 12.3. The Hall–Kier alpha value is -1.47. The summed E-state index contributed by atoms with van der Waals surface area (Å²) in [7, 11) is 4.04. The van der Waals surface area contributed by atoms with E-state index in [4.69, 9.17) is 23.8 Å². The number of aromatic nitrogens is 2. The van der Waals surface area contributed by atoms with Crippen LogP contribution in [0.25, 0.3) is 0 Å². The van der Waals surface area contributed by atoms with Crippen molar-refractivity contribution in [1.29, 1.82) is 0 Å². The summed E-state index contributed by atoms with van der Waals surface area (Å²) < 4.78 is 0.347. The molecule has 0 aliphatic carbocycles. The standard InChI is InChI=1S/C16H21ClN4OS/c1-21(2)8-7-18-10-14-13(15(22)20-16(23)19-14)9-11-3-5-12(17)6-4-11/h3-6,18H,7-10H2,1-2H3,(H2,19,20,22,23). The van der Waals surface area contributed by atoms with Crippen molar-refractivity contribution in [2.24, 2.45) is 0 Å². The van der Waals surface area contributed by atoms with Crippen LogP contribution in [-0.2, 0) is 13.0 Å². The van der Waals surface area contributed by atoms with Gasteiger partial charge in [0.15, 0.2) is 4.77 Å². The highest BCUT2D eigenvalue weighted by atomic mass is 35.5. The van der Waals surface area contributed by atoms with Crippen LogP contribution in [0.15, 0.2) is 29.1 Å². The molecule has 0 saturated carbocycles. The molecule has 0 saturated heterocycles. The first-order valence-electron chi connectivity index (χ1n) is 7.40. The Morgan fingerprint density at radius 1 is 1.22 bits per heavy atom. The largest absolute Gasteiger partial charge is 0.334 e. The summed E-state index contributed by atoms with van der Waals surface area (Å²) in [5, 5.41) is 4.01. The lowest BCUT2D eigenvalue weighted by Gasteiger charge is -2.12. The Morgan fingerprint density at radius 2 is 1.91 bits per heavy atom. The molecule has 7 heteroatoms. The monoisotopic (exact) mass is 352 g/mol. The molecule has 0 unspecified atom stereocenters. The zero-order chi connectivity index (χ0) is 16.8. The van der Waals surface area contributed by atoms with Gasteiger partial charge in [0, 0.05) is 42.3 Å². The molecule has 2 aromatic rings. The second-order valence-electron chi connectivity index (χ2n) is 5.65. The van der Waals surface area contributed by atoms with Crippen LogP contribution in [0.4, 0.5) is 0 Å². The number of nitrogens with zero attached hydrogens (tertiary/aromatic N) is 1. The highest BCUT2D eigenvalue weighted by molar-refractivity contribution is 7.71. The maximum atomic E-state index is 12.3. The average Bonchev–Trinajstić information content (AvgIpc) is 2.48. The predicted molar refractivity (Wildman–Crippen MR) is 96.8 cm³/mol. The number of aromatic amines is 2. The van der Waals surface area contributed by atoms with Gasteiger partial charge in [-0.05, 0) is 44.0 Å². The van der Waals surface area contributed by atoms with Crippen LogP contribution in [0.2, 0.25) is 5.02 Å². The van der Waals surface area contributed by atoms with Gasteiger partial charge >= 0.3 is 0 Å². The van der Waals surface area contributed by atoms with Crippen LogP contribution >= 0.6 is 23.8 Å². The van der Waals surface area contributed by atoms with Gasteiger partial charge in [0.1, 0.15) is 0 Å². The van der Waals surface area contributed by atoms with E-state index in [0.717, 1.165) is 24.3 Å². The van der Waals surface area contributed by atoms with Gasteiger partial charge in [-0.3, -0.25) is 9.78 Å². The van der Waals surface area contributed by atoms with Crippen molar-refractivity contribution in [3.63, 3.8) is 0 Å². The minimum absolute atomic E-state index is 0.145. The lowest BCUT2D eigenvalue weighted by atomic mass is 10.0. The molecule has 1 aromatic heterocycles. The fourth-order valence-electron chi connectivity index (χ4n) is 2.22. The van der Waals surface area contributed by atoms with E-state index in [2.05, 4.69) is 20.2 Å². The Balaban J connectivity index is 2.18. The van der Waals surface area contributed by atoms with Gasteiger partial charge in [0.25, 0.3) is 5.56 Å². The highest BCUT2D eigenvalue weighted by Crippen LogP contribution is 2.13. The first-order chi connectivity index (χ1) is 11.0. The summed E-state index contributed by atoms with van der Waals surface area (Å²) in [6.07, 6.45) is 0.531. The van der Waals surface area contributed by atoms with E-state index in [0.29, 0.717) is 28.3 Å². The average molecular weight is 353 g/mol. The Kier molecular flexibility index (Phi) is 6.53. The fourth-order valence-corrected chi connectivity index (χ4v) is 2.56. The van der Waals surface area contributed by atoms with Crippen LogP contribution in [0.1, 0.15) is 16.8 Å². The van der Waals surface area contributed by atoms with Crippen molar-refractivity contribution in [1.82, 2.24) is 20.2 Å². The quantitative estimate of drug-likeness (QED) is 0.528. The van der Waals surface area contributed by atoms with Crippen molar-refractivity contribution in [2.75, 3.05) is 27.2 Å². The second-order valence-corrected chi connectivity index (χ2v) is 6.49. The summed E-state index contributed by atoms with van der Waals surface area (Å²) in [5.41, 5.74) is 2.40. The van der Waals surface area contributed by atoms with E-state index in [1.165, 1.54) is 0 Å². The summed E-state index contributed by atoms with van der Waals surface area (Å²) in [5.74, 6) is 0. The minimum atomic E-state index is -0.145. The number of rotatable bonds is 7. The molecule has 0 fully saturated rings. The van der Waals surface area contributed by atoms with Gasteiger partial charge in [0.2, 0.25) is 0 Å². The number of likely N-dealkylation sites (N-methyl/N-ethyl adjacent to an activating group) is 1. The molecule has 2 rings (SSSR count). The normalized spacial score (nSPS) is 11.1. The molecule has 0 aliphatic rings. The molecule has 1 aromatic carbocycles. The van der Waals surface area contributed by atoms with Gasteiger partial charge in [-0.15, -0.1) is 0 Å². The van der Waals surface area contributed by atoms with Crippen LogP contribution in [0.3, 0.4) is 0 Å². The predicted octanol–water partition coefficient (Wildman–Crippen LogP) is 2.33. The molecule has 0 bridgehead atoms. The first-order valence-corrected chi connectivity index (χ1v) is 8.18. The molecular weight excluding hydrogens is 332 g/mol. The zero-order valence-corrected chi connectivity index (χ0v) is 14.9. The van der Waals surface area contributed by atoms with Gasteiger partial charge in [-0.25, -0.2) is 0 Å². The Labute approximate surface area is 145 Å². The van der Waals surface area contributed by atoms with Crippen LogP contribution < -0.4 is 10.9 Å². The van der Waals surface area contributed by atoms with Crippen LogP contribution in [-0.4, -0.2) is 42.1 Å². The molecule has 23 heavy (non-hydrogen) atoms. The van der Waals surface area contributed by atoms with Gasteiger partial charge in [-0.1, -0.05) is 23.7 Å². The summed E-state index contributed by atoms with van der Waals surface area (Å²) in [6.45, 7) is 2.33. The minimum Gasteiger partial charge on any atom is -0.334 e. The molecule has 0 radical (unpaired) electrons. The van der Waals surface area contributed by atoms with E-state index in [-0.39, 0.29) is 5.56 Å². The Bertz CT molecular complexity index is 752. The smallest absolute Gasteiger partial charge is 0.255 e. The second kappa shape index (κ2) is 8.40. The molecule has 1 heterocycles. The third-order valence-electron chi connectivity index (χ3n) is 3.46. The van der Waals surface area contributed by atoms with Crippen LogP contribution in [0, 0.1) is 4.77 Å². The fraction of sp³-hybridized carbons (Fsp3) is 0.375. The molecule has 0 atom stereocenters. The maximum Gasteiger partial charge on any atom is 0.255 e. The van der Waals surface area contributed by atoms with Crippen molar-refractivity contribution >= 4 is 23.8 Å². The Morgan fingerprint density at radius 3 is 2.57 bits per heavy atom. The van der Waals surface area contributed by atoms with Crippen molar-refractivity contribution in [2.45, 2.75) is 13.0 Å². The van der Waals surface area contributed by atoms with E-state index >= 15 is 0 Å². The lowest BCUT2D eigenvalue weighted by molar-refractivity contribution is 0.399. The molecule has 0 aliphatic heterocycles. The lowest BCUT2D eigenvalue weighted by Crippen LogP contribution is -2.28. The van der Waals surface area contributed by atoms with Crippen molar-refractivity contribution in [3.05, 3.63) is 61.2 Å². The molecular formula is C16H21ClN4OS. The highest BCUT2D eigenvalue weighted by Gasteiger charge is 2.09. The van der Waals surface area contributed by atoms with E-state index in [1.54, 1.807) is 0 Å². The molecule has 3 N–H and O–H groups in total. The third-order valence-corrected chi connectivity index (χ3v) is 3.92. The van der Waals surface area contributed by atoms with Crippen molar-refractivity contribution in [3.8, 4) is 0 Å². The van der Waals surface area contributed by atoms with Gasteiger partial charge in [0.05, 0.1) is 0 Å². The number of nitrogens with one attached hydrogen (secondary N) is 3. The van der Waals surface area contributed by atoms with Crippen molar-refractivity contribution < 1.29 is 0 Å². The summed E-state index contributed by atoms with van der Waals surface area (Å²) in [6, 6.07) is 7.50. The van der Waals surface area contributed by atoms with Gasteiger partial charge < -0.3 is 15.2 Å². The van der Waals surface area contributed by atoms with Gasteiger partial charge in [-0.2, -0.15) is 0 Å². The topological polar surface area (TPSA) is 63.9 Å². The number of halogens is 1. The number of hydrogen-bond donors (Lipinski definition) is 3. The summed E-state index contributed by atoms with van der Waals surface area (Å²) >= 11 is 11.0. The van der Waals surface area contributed by atoms with E-state index in [1.807, 2.05) is 38.4 Å². The van der Waals surface area contributed by atoms with E-state index < -0.39 is 0 Å². The number of hydrogen-bond acceptors (Lipinski definition) is 4. The SMILES string of the molecule is CN(C)CCNCc1[nH]c(=S)[nH]c(=O)c1Cc1ccc(Cl)cc1. The number of benzene rings is 1. The zero-order valence-electron chi connectivity index (χ0n) is 13.3. The molecule has 124 valence electrons. The van der Waals surface area contributed by atoms with E-state index in [9.17, 15) is 4.79 Å². The molecule has 0 spiro atoms. The number of H-pyrrole nitrogens is 2. The molecule has 0 amide bonds. The third kappa shape index (κ3) is 5.58. The van der Waals surface area contributed by atoms with Crippen LogP contribution in [0.5, 0.6) is 0 Å². The molecule has 5 nitrogen and oxygen atoms in total.